The van der Waals surface area contributed by atoms with Crippen molar-refractivity contribution in [3.05, 3.63) is 80.4 Å². The number of carbonyl (C=O) groups is 1. The molecule has 0 saturated heterocycles. The number of nitrogens with zero attached hydrogens (tertiary/aromatic N) is 1. The zero-order chi connectivity index (χ0) is 22.2. The SMILES string of the molecule is CCn1c(C)c(-c2ccc(Cl)cc2F)c(=O)c(C(=O)OC)c1-c1ccc(F)c(F)c1. The molecule has 0 aliphatic heterocycles. The van der Waals surface area contributed by atoms with Crippen molar-refractivity contribution in [1.82, 2.24) is 4.57 Å². The highest BCUT2D eigenvalue weighted by molar-refractivity contribution is 6.30. The lowest BCUT2D eigenvalue weighted by Crippen LogP contribution is -2.26. The van der Waals surface area contributed by atoms with Crippen molar-refractivity contribution in [3.63, 3.8) is 0 Å². The fourth-order valence-electron chi connectivity index (χ4n) is 3.47. The number of halogens is 4. The second-order valence-corrected chi connectivity index (χ2v) is 6.94. The predicted molar refractivity (Wildman–Crippen MR) is 108 cm³/mol. The first-order valence-electron chi connectivity index (χ1n) is 8.97. The molecule has 0 saturated carbocycles. The van der Waals surface area contributed by atoms with Gasteiger partial charge >= 0.3 is 5.97 Å². The highest BCUT2D eigenvalue weighted by Crippen LogP contribution is 2.32. The number of esters is 1. The smallest absolute Gasteiger partial charge is 0.344 e. The van der Waals surface area contributed by atoms with E-state index >= 15 is 0 Å². The monoisotopic (exact) mass is 435 g/mol. The van der Waals surface area contributed by atoms with E-state index in [1.165, 1.54) is 18.2 Å². The summed E-state index contributed by atoms with van der Waals surface area (Å²) in [6.45, 7) is 3.58. The Morgan fingerprint density at radius 2 is 1.77 bits per heavy atom. The molecule has 3 aromatic rings. The van der Waals surface area contributed by atoms with Crippen molar-refractivity contribution in [1.29, 1.82) is 0 Å². The van der Waals surface area contributed by atoms with Crippen LogP contribution in [0.25, 0.3) is 22.4 Å². The number of pyridine rings is 1. The Labute approximate surface area is 175 Å². The third kappa shape index (κ3) is 3.61. The van der Waals surface area contributed by atoms with Gasteiger partial charge in [0.2, 0.25) is 5.43 Å². The minimum atomic E-state index is -1.14. The van der Waals surface area contributed by atoms with Crippen LogP contribution >= 0.6 is 11.6 Å². The number of aromatic nitrogens is 1. The zero-order valence-electron chi connectivity index (χ0n) is 16.4. The van der Waals surface area contributed by atoms with Gasteiger partial charge in [0.05, 0.1) is 18.4 Å². The molecule has 1 heterocycles. The number of methoxy groups -OCH3 is 1. The zero-order valence-corrected chi connectivity index (χ0v) is 17.1. The van der Waals surface area contributed by atoms with Crippen LogP contribution in [-0.4, -0.2) is 17.6 Å². The molecule has 0 aliphatic carbocycles. The molecule has 0 radical (unpaired) electrons. The van der Waals surface area contributed by atoms with E-state index in [1.54, 1.807) is 18.4 Å². The molecular formula is C22H17ClF3NO3. The maximum absolute atomic E-state index is 14.6. The first kappa shape index (κ1) is 21.6. The maximum atomic E-state index is 14.6. The van der Waals surface area contributed by atoms with Gasteiger partial charge in [-0.3, -0.25) is 4.79 Å². The Bertz CT molecular complexity index is 1220. The van der Waals surface area contributed by atoms with Gasteiger partial charge in [-0.05, 0) is 50.2 Å². The van der Waals surface area contributed by atoms with Crippen LogP contribution in [0.5, 0.6) is 0 Å². The largest absolute Gasteiger partial charge is 0.465 e. The van der Waals surface area contributed by atoms with Crippen molar-refractivity contribution in [2.24, 2.45) is 0 Å². The van der Waals surface area contributed by atoms with Crippen LogP contribution < -0.4 is 5.43 Å². The van der Waals surface area contributed by atoms with Crippen LogP contribution in [0.4, 0.5) is 13.2 Å². The molecule has 0 atom stereocenters. The Hall–Kier alpha value is -3.06. The summed E-state index contributed by atoms with van der Waals surface area (Å²) < 4.78 is 48.3. The van der Waals surface area contributed by atoms with E-state index in [0.29, 0.717) is 5.69 Å². The maximum Gasteiger partial charge on any atom is 0.344 e. The molecule has 8 heteroatoms. The lowest BCUT2D eigenvalue weighted by Gasteiger charge is -2.22. The van der Waals surface area contributed by atoms with Crippen molar-refractivity contribution >= 4 is 17.6 Å². The number of hydrogen-bond acceptors (Lipinski definition) is 3. The quantitative estimate of drug-likeness (QED) is 0.518. The number of ether oxygens (including phenoxy) is 1. The summed E-state index contributed by atoms with van der Waals surface area (Å²) in [5.74, 6) is -3.91. The number of carbonyl (C=O) groups excluding carboxylic acids is 1. The molecule has 0 unspecified atom stereocenters. The first-order chi connectivity index (χ1) is 14.2. The second-order valence-electron chi connectivity index (χ2n) is 6.50. The molecule has 0 aliphatic rings. The standard InChI is InChI=1S/C22H17ClF3NO3/c1-4-27-11(2)18(14-7-6-13(23)10-16(14)25)21(28)19(22(29)30-3)20(27)12-5-8-15(24)17(26)9-12/h5-10H,4H2,1-3H3. The van der Waals surface area contributed by atoms with Gasteiger partial charge in [0.25, 0.3) is 0 Å². The third-order valence-corrected chi connectivity index (χ3v) is 5.06. The number of benzene rings is 2. The van der Waals surface area contributed by atoms with E-state index in [0.717, 1.165) is 25.3 Å². The van der Waals surface area contributed by atoms with Crippen molar-refractivity contribution in [2.45, 2.75) is 20.4 Å². The topological polar surface area (TPSA) is 48.3 Å². The fraction of sp³-hybridized carbons (Fsp3) is 0.182. The van der Waals surface area contributed by atoms with E-state index in [1.807, 2.05) is 0 Å². The van der Waals surface area contributed by atoms with Crippen LogP contribution in [0.2, 0.25) is 5.02 Å². The predicted octanol–water partition coefficient (Wildman–Crippen LogP) is 5.37. The molecule has 0 bridgehead atoms. The molecule has 0 spiro atoms. The summed E-state index contributed by atoms with van der Waals surface area (Å²) in [4.78, 5) is 25.9. The van der Waals surface area contributed by atoms with E-state index < -0.39 is 34.4 Å². The summed E-state index contributed by atoms with van der Waals surface area (Å²) in [5, 5.41) is 0.149. The van der Waals surface area contributed by atoms with E-state index in [2.05, 4.69) is 0 Å². The van der Waals surface area contributed by atoms with Crippen molar-refractivity contribution in [2.75, 3.05) is 7.11 Å². The van der Waals surface area contributed by atoms with Gasteiger partial charge in [-0.15, -0.1) is 0 Å². The van der Waals surface area contributed by atoms with Crippen LogP contribution in [0.1, 0.15) is 23.0 Å². The minimum Gasteiger partial charge on any atom is -0.465 e. The molecule has 0 N–H and O–H groups in total. The average Bonchev–Trinajstić information content (AvgIpc) is 2.70. The Kier molecular flexibility index (Phi) is 6.03. The van der Waals surface area contributed by atoms with Gasteiger partial charge in [-0.2, -0.15) is 0 Å². The number of rotatable bonds is 4. The molecule has 3 rings (SSSR count). The molecule has 0 amide bonds. The molecule has 2 aromatic carbocycles. The summed E-state index contributed by atoms with van der Waals surface area (Å²) in [7, 11) is 1.09. The molecule has 1 aromatic heterocycles. The Morgan fingerprint density at radius 1 is 1.07 bits per heavy atom. The fourth-order valence-corrected chi connectivity index (χ4v) is 3.63. The van der Waals surface area contributed by atoms with Gasteiger partial charge in [-0.25, -0.2) is 18.0 Å². The van der Waals surface area contributed by atoms with Crippen LogP contribution in [0.15, 0.2) is 41.2 Å². The number of hydrogen-bond donors (Lipinski definition) is 0. The van der Waals surface area contributed by atoms with Crippen LogP contribution in [-0.2, 0) is 11.3 Å². The normalized spacial score (nSPS) is 10.9. The van der Waals surface area contributed by atoms with Gasteiger partial charge in [0.15, 0.2) is 11.6 Å². The lowest BCUT2D eigenvalue weighted by atomic mass is 9.95. The summed E-state index contributed by atoms with van der Waals surface area (Å²) >= 11 is 5.82. The molecule has 0 fully saturated rings. The molecular weight excluding hydrogens is 419 g/mol. The van der Waals surface area contributed by atoms with Crippen LogP contribution in [0.3, 0.4) is 0 Å². The molecule has 30 heavy (non-hydrogen) atoms. The highest BCUT2D eigenvalue weighted by atomic mass is 35.5. The van der Waals surface area contributed by atoms with Gasteiger partial charge in [0.1, 0.15) is 11.4 Å². The Balaban J connectivity index is 2.49. The molecule has 4 nitrogen and oxygen atoms in total. The molecule has 156 valence electrons. The van der Waals surface area contributed by atoms with Gasteiger partial charge in [-0.1, -0.05) is 11.6 Å². The highest BCUT2D eigenvalue weighted by Gasteiger charge is 2.27. The first-order valence-corrected chi connectivity index (χ1v) is 9.35. The van der Waals surface area contributed by atoms with Crippen LogP contribution in [0, 0.1) is 24.4 Å². The Morgan fingerprint density at radius 3 is 2.33 bits per heavy atom. The van der Waals surface area contributed by atoms with Gasteiger partial charge < -0.3 is 9.30 Å². The van der Waals surface area contributed by atoms with E-state index in [-0.39, 0.29) is 34.0 Å². The lowest BCUT2D eigenvalue weighted by molar-refractivity contribution is 0.0599. The second kappa shape index (κ2) is 8.36. The summed E-state index contributed by atoms with van der Waals surface area (Å²) in [5.41, 5.74) is -0.756. The minimum absolute atomic E-state index is 0.0360. The van der Waals surface area contributed by atoms with E-state index in [4.69, 9.17) is 16.3 Å². The average molecular weight is 436 g/mol. The van der Waals surface area contributed by atoms with Gasteiger partial charge in [0, 0.05) is 28.4 Å². The van der Waals surface area contributed by atoms with Crippen molar-refractivity contribution < 1.29 is 22.7 Å². The summed E-state index contributed by atoms with van der Waals surface area (Å²) in [6.07, 6.45) is 0. The van der Waals surface area contributed by atoms with E-state index in [9.17, 15) is 22.8 Å². The van der Waals surface area contributed by atoms with Crippen molar-refractivity contribution in [3.8, 4) is 22.4 Å². The summed E-state index contributed by atoms with van der Waals surface area (Å²) in [6, 6.07) is 6.89. The third-order valence-electron chi connectivity index (χ3n) is 4.83.